The quantitative estimate of drug-likeness (QED) is 0.274. The number of rotatable bonds is 5. The molecule has 0 aliphatic rings. The largest absolute Gasteiger partial charge is 0.489 e. The van der Waals surface area contributed by atoms with E-state index in [1.807, 2.05) is 6.92 Å². The van der Waals surface area contributed by atoms with E-state index in [1.54, 1.807) is 31.2 Å². The molecular formula is C19H23BrCl2F2O2Sn. The van der Waals surface area contributed by atoms with Gasteiger partial charge in [0, 0.05) is 0 Å². The number of benzene rings is 2. The minimum atomic E-state index is -2.40. The molecule has 0 heterocycles. The first kappa shape index (κ1) is 24.8. The predicted molar refractivity (Wildman–Crippen MR) is 116 cm³/mol. The van der Waals surface area contributed by atoms with Gasteiger partial charge in [-0.3, -0.25) is 0 Å². The predicted octanol–water partition coefficient (Wildman–Crippen LogP) is 7.06. The van der Waals surface area contributed by atoms with E-state index in [0.29, 0.717) is 22.7 Å². The summed E-state index contributed by atoms with van der Waals surface area (Å²) in [6.07, 6.45) is 0. The summed E-state index contributed by atoms with van der Waals surface area (Å²) < 4.78 is 38.7. The van der Waals surface area contributed by atoms with Crippen LogP contribution in [0.2, 0.25) is 24.9 Å². The smallest absolute Gasteiger partial charge is 0.180 e. The average Bonchev–Trinajstić information content (AvgIpc) is 2.58. The average molecular weight is 591 g/mol. The van der Waals surface area contributed by atoms with E-state index in [0.717, 1.165) is 3.58 Å². The molecule has 8 heteroatoms. The molecule has 0 spiro atoms. The Morgan fingerprint density at radius 3 is 1.74 bits per heavy atom. The molecule has 0 radical (unpaired) electrons. The fourth-order valence-corrected chi connectivity index (χ4v) is 6.76. The van der Waals surface area contributed by atoms with Crippen molar-refractivity contribution in [3.8, 4) is 11.5 Å². The van der Waals surface area contributed by atoms with Crippen molar-refractivity contribution in [3.05, 3.63) is 50.4 Å². The first-order valence-corrected chi connectivity index (χ1v) is 20.0. The Kier molecular flexibility index (Phi) is 10.2. The Bertz CT molecular complexity index is 783. The monoisotopic (exact) mass is 590 g/mol. The molecule has 2 nitrogen and oxygen atoms in total. The SMILES string of the molecule is CCOc1c(Cl)cc[c]([Sn]([CH3])([CH3])[CH3])c1F.CCOc1c(Cl)ccc(Br)c1F. The molecule has 0 bridgehead atoms. The molecule has 2 aromatic rings. The van der Waals surface area contributed by atoms with Crippen molar-refractivity contribution >= 4 is 61.1 Å². The molecule has 0 aromatic heterocycles. The Labute approximate surface area is 182 Å². The molecule has 0 saturated heterocycles. The molecule has 2 rings (SSSR count). The molecule has 0 aliphatic carbocycles. The fraction of sp³-hybridized carbons (Fsp3) is 0.368. The minimum absolute atomic E-state index is 0.105. The van der Waals surface area contributed by atoms with Crippen LogP contribution in [0.4, 0.5) is 8.78 Å². The first-order chi connectivity index (χ1) is 12.5. The van der Waals surface area contributed by atoms with Gasteiger partial charge in [0.05, 0.1) is 16.1 Å². The van der Waals surface area contributed by atoms with Gasteiger partial charge in [-0.05, 0) is 35.0 Å². The topological polar surface area (TPSA) is 18.5 Å². The van der Waals surface area contributed by atoms with Crippen molar-refractivity contribution < 1.29 is 18.3 Å². The molecule has 2 aromatic carbocycles. The van der Waals surface area contributed by atoms with Crippen molar-refractivity contribution in [2.24, 2.45) is 0 Å². The van der Waals surface area contributed by atoms with Crippen LogP contribution in [-0.2, 0) is 0 Å². The summed E-state index contributed by atoms with van der Waals surface area (Å²) in [4.78, 5) is 6.49. The van der Waals surface area contributed by atoms with Crippen molar-refractivity contribution in [3.63, 3.8) is 0 Å². The summed E-state index contributed by atoms with van der Waals surface area (Å²) in [5.74, 6) is -0.395. The van der Waals surface area contributed by atoms with E-state index in [9.17, 15) is 8.78 Å². The van der Waals surface area contributed by atoms with Gasteiger partial charge in [-0.15, -0.1) is 0 Å². The van der Waals surface area contributed by atoms with Crippen molar-refractivity contribution in [1.82, 2.24) is 0 Å². The van der Waals surface area contributed by atoms with Gasteiger partial charge in [0.1, 0.15) is 0 Å². The van der Waals surface area contributed by atoms with Crippen LogP contribution in [0.3, 0.4) is 0 Å². The summed E-state index contributed by atoms with van der Waals surface area (Å²) in [6, 6.07) is 6.66. The zero-order chi connectivity index (χ0) is 20.8. The van der Waals surface area contributed by atoms with Crippen molar-refractivity contribution in [1.29, 1.82) is 0 Å². The number of hydrogen-bond acceptors (Lipinski definition) is 2. The van der Waals surface area contributed by atoms with Gasteiger partial charge < -0.3 is 4.74 Å². The van der Waals surface area contributed by atoms with E-state index in [-0.39, 0.29) is 22.3 Å². The summed E-state index contributed by atoms with van der Waals surface area (Å²) in [5.41, 5.74) is 0. The second kappa shape index (κ2) is 11.1. The zero-order valence-corrected chi connectivity index (χ0v) is 21.9. The van der Waals surface area contributed by atoms with E-state index >= 15 is 0 Å². The maximum absolute atomic E-state index is 14.1. The Morgan fingerprint density at radius 1 is 0.852 bits per heavy atom. The summed E-state index contributed by atoms with van der Waals surface area (Å²) >= 11 is 12.2. The van der Waals surface area contributed by atoms with Gasteiger partial charge in [0.15, 0.2) is 11.6 Å². The molecule has 0 amide bonds. The third-order valence-electron chi connectivity index (χ3n) is 3.44. The van der Waals surface area contributed by atoms with E-state index in [1.165, 1.54) is 0 Å². The molecule has 0 unspecified atom stereocenters. The van der Waals surface area contributed by atoms with Crippen LogP contribution in [0.15, 0.2) is 28.7 Å². The van der Waals surface area contributed by atoms with Gasteiger partial charge in [-0.1, -0.05) is 11.6 Å². The van der Waals surface area contributed by atoms with Crippen molar-refractivity contribution in [2.75, 3.05) is 13.2 Å². The van der Waals surface area contributed by atoms with Crippen molar-refractivity contribution in [2.45, 2.75) is 28.7 Å². The van der Waals surface area contributed by atoms with Crippen LogP contribution in [0.25, 0.3) is 0 Å². The summed E-state index contributed by atoms with van der Waals surface area (Å²) in [5, 5.41) is 0.645. The third kappa shape index (κ3) is 6.94. The first-order valence-electron chi connectivity index (χ1n) is 8.42. The molecular weight excluding hydrogens is 568 g/mol. The molecule has 0 saturated carbocycles. The molecule has 0 atom stereocenters. The van der Waals surface area contributed by atoms with Crippen LogP contribution >= 0.6 is 39.1 Å². The van der Waals surface area contributed by atoms with E-state index in [2.05, 4.69) is 30.7 Å². The minimum Gasteiger partial charge on any atom is -0.489 e. The van der Waals surface area contributed by atoms with Crippen LogP contribution in [0.1, 0.15) is 13.8 Å². The van der Waals surface area contributed by atoms with Crippen LogP contribution in [0, 0.1) is 11.6 Å². The third-order valence-corrected chi connectivity index (χ3v) is 10.4. The van der Waals surface area contributed by atoms with Gasteiger partial charge >= 0.3 is 99.8 Å². The second-order valence-electron chi connectivity index (χ2n) is 6.53. The number of halogens is 5. The molecule has 150 valence electrons. The molecule has 0 fully saturated rings. The van der Waals surface area contributed by atoms with Gasteiger partial charge in [-0.25, -0.2) is 4.39 Å². The Morgan fingerprint density at radius 2 is 1.30 bits per heavy atom. The maximum atomic E-state index is 14.1. The standard InChI is InChI=1S/C8H7BrClFO.C8H7ClFO.3CH3.Sn/c1-2-12-8-6(10)4-3-5(9)7(8)11;1-2-11-8-6(9)4-3-5-7(8)10;;;;/h3-4H,2H2,1H3;3-4H,2H2,1H3;3*1H3;. The van der Waals surface area contributed by atoms with Crippen LogP contribution < -0.4 is 13.1 Å². The van der Waals surface area contributed by atoms with Crippen LogP contribution in [-0.4, -0.2) is 31.6 Å². The summed E-state index contributed by atoms with van der Waals surface area (Å²) in [6.45, 7) is 4.42. The van der Waals surface area contributed by atoms with E-state index in [4.69, 9.17) is 32.7 Å². The Balaban J connectivity index is 0.000000277. The number of ether oxygens (including phenoxy) is 2. The fourth-order valence-electron chi connectivity index (χ4n) is 2.17. The molecule has 0 N–H and O–H groups in total. The zero-order valence-electron chi connectivity index (χ0n) is 15.9. The Hall–Kier alpha value is -0.241. The van der Waals surface area contributed by atoms with Gasteiger partial charge in [0.25, 0.3) is 0 Å². The molecule has 0 aliphatic heterocycles. The summed E-state index contributed by atoms with van der Waals surface area (Å²) in [7, 11) is 0. The normalized spacial score (nSPS) is 10.9. The second-order valence-corrected chi connectivity index (χ2v) is 22.6. The molecule has 27 heavy (non-hydrogen) atoms. The number of hydrogen-bond donors (Lipinski definition) is 0. The van der Waals surface area contributed by atoms with E-state index < -0.39 is 24.2 Å². The maximum Gasteiger partial charge on any atom is 0.180 e. The van der Waals surface area contributed by atoms with Crippen LogP contribution in [0.5, 0.6) is 11.5 Å². The van der Waals surface area contributed by atoms with Gasteiger partial charge in [0.2, 0.25) is 0 Å². The van der Waals surface area contributed by atoms with Gasteiger partial charge in [-0.2, -0.15) is 0 Å².